The second kappa shape index (κ2) is 10.2. The summed E-state index contributed by atoms with van der Waals surface area (Å²) in [5, 5.41) is 2.76. The molecule has 1 N–H and O–H groups in total. The van der Waals surface area contributed by atoms with E-state index >= 15 is 0 Å². The van der Waals surface area contributed by atoms with Crippen LogP contribution in [0.15, 0.2) is 24.3 Å². The van der Waals surface area contributed by atoms with Crippen LogP contribution in [0.3, 0.4) is 0 Å². The van der Waals surface area contributed by atoms with Crippen LogP contribution in [0.2, 0.25) is 0 Å². The van der Waals surface area contributed by atoms with Crippen molar-refractivity contribution in [2.75, 3.05) is 56.9 Å². The van der Waals surface area contributed by atoms with E-state index in [1.165, 1.54) is 48.9 Å². The smallest absolute Gasteiger partial charge is 0.238 e. The van der Waals surface area contributed by atoms with Crippen LogP contribution >= 0.6 is 24.0 Å². The number of amides is 2. The summed E-state index contributed by atoms with van der Waals surface area (Å²) in [5.74, 6) is -0.00146. The molecule has 0 aliphatic carbocycles. The lowest BCUT2D eigenvalue weighted by Crippen LogP contribution is -2.51. The first-order valence-electron chi connectivity index (χ1n) is 9.48. The van der Waals surface area contributed by atoms with E-state index in [0.29, 0.717) is 37.6 Å². The Bertz CT molecular complexity index is 702. The van der Waals surface area contributed by atoms with Gasteiger partial charge in [0.15, 0.2) is 0 Å². The third kappa shape index (κ3) is 6.15. The van der Waals surface area contributed by atoms with Gasteiger partial charge in [-0.2, -0.15) is 0 Å². The summed E-state index contributed by atoms with van der Waals surface area (Å²) in [4.78, 5) is 30.6. The Labute approximate surface area is 174 Å². The molecule has 0 radical (unpaired) electrons. The molecule has 2 aliphatic rings. The minimum atomic E-state index is -0.335. The molecule has 9 heteroatoms. The number of carbonyl (C=O) groups is 2. The van der Waals surface area contributed by atoms with Crippen molar-refractivity contribution in [3.05, 3.63) is 30.1 Å². The number of likely N-dealkylation sites (tertiary alicyclic amines) is 1. The van der Waals surface area contributed by atoms with Gasteiger partial charge in [0.05, 0.1) is 12.3 Å². The maximum Gasteiger partial charge on any atom is 0.238 e. The maximum atomic E-state index is 12.9. The van der Waals surface area contributed by atoms with Gasteiger partial charge in [-0.25, -0.2) is 4.39 Å². The van der Waals surface area contributed by atoms with Crippen LogP contribution in [0.4, 0.5) is 10.1 Å². The summed E-state index contributed by atoms with van der Waals surface area (Å²) in [6.45, 7) is 4.79. The third-order valence-corrected chi connectivity index (χ3v) is 6.41. The topological polar surface area (TPSA) is 55.9 Å². The molecule has 1 aromatic carbocycles. The minimum Gasteiger partial charge on any atom is -0.358 e. The highest BCUT2D eigenvalue weighted by atomic mass is 32.2. The van der Waals surface area contributed by atoms with Crippen molar-refractivity contribution in [3.63, 3.8) is 0 Å². The zero-order valence-electron chi connectivity index (χ0n) is 15.7. The van der Waals surface area contributed by atoms with E-state index in [9.17, 15) is 14.0 Å². The van der Waals surface area contributed by atoms with Gasteiger partial charge < -0.3 is 15.1 Å². The number of hydrogen-bond acceptors (Lipinski definition) is 5. The molecule has 0 unspecified atom stereocenters. The average molecular weight is 425 g/mol. The fraction of sp³-hybridized carbons (Fsp3) is 0.526. The lowest BCUT2D eigenvalue weighted by molar-refractivity contribution is -0.130. The molecule has 2 aliphatic heterocycles. The highest BCUT2D eigenvalue weighted by molar-refractivity contribution is 8.23. The summed E-state index contributed by atoms with van der Waals surface area (Å²) >= 11 is 6.86. The van der Waals surface area contributed by atoms with E-state index in [4.69, 9.17) is 12.2 Å². The number of anilines is 1. The number of thiocarbonyl (C=S) groups is 1. The number of piperazine rings is 1. The van der Waals surface area contributed by atoms with Crippen LogP contribution in [0, 0.1) is 5.82 Å². The molecule has 2 amide bonds. The monoisotopic (exact) mass is 424 g/mol. The second-order valence-electron chi connectivity index (χ2n) is 6.96. The van der Waals surface area contributed by atoms with Crippen molar-refractivity contribution in [1.29, 1.82) is 0 Å². The predicted molar refractivity (Wildman–Crippen MR) is 114 cm³/mol. The Morgan fingerprint density at radius 3 is 2.29 bits per heavy atom. The first-order valence-corrected chi connectivity index (χ1v) is 10.9. The highest BCUT2D eigenvalue weighted by Crippen LogP contribution is 2.17. The van der Waals surface area contributed by atoms with Crippen LogP contribution < -0.4 is 5.32 Å². The fourth-order valence-electron chi connectivity index (χ4n) is 3.30. The summed E-state index contributed by atoms with van der Waals surface area (Å²) in [7, 11) is 0. The third-order valence-electron chi connectivity index (χ3n) is 4.90. The van der Waals surface area contributed by atoms with E-state index in [-0.39, 0.29) is 24.2 Å². The van der Waals surface area contributed by atoms with E-state index in [2.05, 4.69) is 10.2 Å². The SMILES string of the molecule is O=C(CN1CCN(C(=O)CSC(=S)N2CCCC2)CC1)Nc1ccc(F)cc1. The number of carbonyl (C=O) groups excluding carboxylic acids is 2. The Kier molecular flexibility index (Phi) is 7.64. The molecule has 6 nitrogen and oxygen atoms in total. The normalized spacial score (nSPS) is 17.6. The average Bonchev–Trinajstić information content (AvgIpc) is 3.23. The highest BCUT2D eigenvalue weighted by Gasteiger charge is 2.23. The van der Waals surface area contributed by atoms with E-state index in [1.54, 1.807) is 0 Å². The zero-order valence-corrected chi connectivity index (χ0v) is 17.4. The molecule has 152 valence electrons. The summed E-state index contributed by atoms with van der Waals surface area (Å²) < 4.78 is 13.7. The van der Waals surface area contributed by atoms with Crippen molar-refractivity contribution in [2.45, 2.75) is 12.8 Å². The molecule has 0 bridgehead atoms. The van der Waals surface area contributed by atoms with Crippen LogP contribution in [0.5, 0.6) is 0 Å². The molecule has 1 aromatic rings. The van der Waals surface area contributed by atoms with Crippen molar-refractivity contribution in [2.24, 2.45) is 0 Å². The van der Waals surface area contributed by atoms with Gasteiger partial charge in [0.25, 0.3) is 0 Å². The van der Waals surface area contributed by atoms with Crippen molar-refractivity contribution in [3.8, 4) is 0 Å². The molecule has 0 aromatic heterocycles. The fourth-order valence-corrected chi connectivity index (χ4v) is 4.45. The largest absolute Gasteiger partial charge is 0.358 e. The van der Waals surface area contributed by atoms with Crippen LogP contribution in [0.1, 0.15) is 12.8 Å². The molecule has 2 fully saturated rings. The van der Waals surface area contributed by atoms with Gasteiger partial charge >= 0.3 is 0 Å². The standard InChI is InChI=1S/C19H25FN4O2S2/c20-15-3-5-16(6-4-15)21-17(25)13-22-9-11-23(12-10-22)18(26)14-28-19(27)24-7-1-2-8-24/h3-6H,1-2,7-14H2,(H,21,25). The van der Waals surface area contributed by atoms with Gasteiger partial charge in [0.2, 0.25) is 11.8 Å². The van der Waals surface area contributed by atoms with Gasteiger partial charge in [0, 0.05) is 45.0 Å². The molecule has 2 heterocycles. The molecule has 28 heavy (non-hydrogen) atoms. The lowest BCUT2D eigenvalue weighted by Gasteiger charge is -2.34. The predicted octanol–water partition coefficient (Wildman–Crippen LogP) is 2.02. The number of thioether (sulfide) groups is 1. The Balaban J connectivity index is 1.35. The molecule has 0 atom stereocenters. The van der Waals surface area contributed by atoms with Gasteiger partial charge in [-0.05, 0) is 37.1 Å². The van der Waals surface area contributed by atoms with E-state index in [1.807, 2.05) is 9.80 Å². The minimum absolute atomic E-state index is 0.0990. The summed E-state index contributed by atoms with van der Waals surface area (Å²) in [5.41, 5.74) is 0.575. The first kappa shape index (κ1) is 21.0. The molecule has 2 saturated heterocycles. The molecule has 0 saturated carbocycles. The molecule has 3 rings (SSSR count). The van der Waals surface area contributed by atoms with E-state index in [0.717, 1.165) is 17.4 Å². The Morgan fingerprint density at radius 2 is 1.64 bits per heavy atom. The summed E-state index contributed by atoms with van der Waals surface area (Å²) in [6.07, 6.45) is 2.34. The molecule has 0 spiro atoms. The number of rotatable bonds is 5. The van der Waals surface area contributed by atoms with Gasteiger partial charge in [-0.3, -0.25) is 14.5 Å². The van der Waals surface area contributed by atoms with Crippen LogP contribution in [-0.4, -0.2) is 82.4 Å². The van der Waals surface area contributed by atoms with Crippen molar-refractivity contribution < 1.29 is 14.0 Å². The number of hydrogen-bond donors (Lipinski definition) is 1. The molecular weight excluding hydrogens is 399 g/mol. The van der Waals surface area contributed by atoms with Crippen LogP contribution in [-0.2, 0) is 9.59 Å². The van der Waals surface area contributed by atoms with Gasteiger partial charge in [-0.15, -0.1) is 0 Å². The number of benzene rings is 1. The quantitative estimate of drug-likeness (QED) is 0.730. The van der Waals surface area contributed by atoms with Gasteiger partial charge in [0.1, 0.15) is 10.1 Å². The van der Waals surface area contributed by atoms with E-state index < -0.39 is 0 Å². The van der Waals surface area contributed by atoms with Crippen LogP contribution in [0.25, 0.3) is 0 Å². The van der Waals surface area contributed by atoms with Crippen molar-refractivity contribution in [1.82, 2.24) is 14.7 Å². The maximum absolute atomic E-state index is 12.9. The second-order valence-corrected chi connectivity index (χ2v) is 8.57. The molecular formula is C19H25FN4O2S2. The number of nitrogens with one attached hydrogen (secondary N) is 1. The lowest BCUT2D eigenvalue weighted by atomic mass is 10.3. The van der Waals surface area contributed by atoms with Gasteiger partial charge in [-0.1, -0.05) is 24.0 Å². The number of halogens is 1. The first-order chi connectivity index (χ1) is 13.5. The summed E-state index contributed by atoms with van der Waals surface area (Å²) in [6, 6.07) is 5.70. The Morgan fingerprint density at radius 1 is 1.00 bits per heavy atom. The zero-order chi connectivity index (χ0) is 19.9. The van der Waals surface area contributed by atoms with Crippen molar-refractivity contribution >= 4 is 45.8 Å². The Hall–Kier alpha value is -1.71. The number of nitrogens with zero attached hydrogens (tertiary/aromatic N) is 3.